The molecule has 0 saturated carbocycles. The monoisotopic (exact) mass is 192 g/mol. The van der Waals surface area contributed by atoms with Crippen LogP contribution in [0, 0.1) is 0 Å². The van der Waals surface area contributed by atoms with Crippen LogP contribution in [-0.2, 0) is 0 Å². The molecule has 0 bridgehead atoms. The average Bonchev–Trinajstić information content (AvgIpc) is 2.18. The molecule has 0 aromatic carbocycles. The molecule has 1 fully saturated rings. The molecule has 0 spiro atoms. The van der Waals surface area contributed by atoms with Gasteiger partial charge in [0.25, 0.3) is 0 Å². The van der Waals surface area contributed by atoms with Crippen molar-refractivity contribution in [1.29, 1.82) is 0 Å². The van der Waals surface area contributed by atoms with Crippen LogP contribution in [0.4, 0.5) is 11.6 Å². The first-order valence-corrected chi connectivity index (χ1v) is 4.97. The summed E-state index contributed by atoms with van der Waals surface area (Å²) in [4.78, 5) is 6.61. The lowest BCUT2D eigenvalue weighted by atomic mass is 10.2. The van der Waals surface area contributed by atoms with Gasteiger partial charge in [0.2, 0.25) is 0 Å². The molecule has 4 heteroatoms. The largest absolute Gasteiger partial charge is 0.384 e. The number of hydrogen-bond donors (Lipinski definition) is 2. The number of rotatable bonds is 1. The van der Waals surface area contributed by atoms with Crippen molar-refractivity contribution in [3.05, 3.63) is 18.2 Å². The molecule has 76 valence electrons. The lowest BCUT2D eigenvalue weighted by Gasteiger charge is -2.34. The van der Waals surface area contributed by atoms with Crippen LogP contribution in [0.15, 0.2) is 18.2 Å². The second kappa shape index (κ2) is 3.84. The predicted octanol–water partition coefficient (Wildman–Crippen LogP) is 0.462. The number of anilines is 2. The van der Waals surface area contributed by atoms with Crippen molar-refractivity contribution in [2.45, 2.75) is 13.0 Å². The van der Waals surface area contributed by atoms with Gasteiger partial charge in [0.15, 0.2) is 0 Å². The van der Waals surface area contributed by atoms with Crippen LogP contribution in [0.3, 0.4) is 0 Å². The molecule has 0 amide bonds. The number of aromatic nitrogens is 1. The minimum atomic E-state index is 0.484. The summed E-state index contributed by atoms with van der Waals surface area (Å²) in [5.74, 6) is 1.58. The Balaban J connectivity index is 2.20. The number of hydrogen-bond acceptors (Lipinski definition) is 4. The minimum absolute atomic E-state index is 0.484. The molecule has 2 heterocycles. The van der Waals surface area contributed by atoms with E-state index >= 15 is 0 Å². The maximum Gasteiger partial charge on any atom is 0.131 e. The zero-order valence-corrected chi connectivity index (χ0v) is 8.40. The van der Waals surface area contributed by atoms with Crippen molar-refractivity contribution in [3.8, 4) is 0 Å². The Hall–Kier alpha value is -1.29. The van der Waals surface area contributed by atoms with Gasteiger partial charge in [0.05, 0.1) is 0 Å². The molecule has 1 atom stereocenters. The Bertz CT molecular complexity index is 313. The van der Waals surface area contributed by atoms with Gasteiger partial charge >= 0.3 is 0 Å². The smallest absolute Gasteiger partial charge is 0.131 e. The highest BCUT2D eigenvalue weighted by Gasteiger charge is 2.18. The fourth-order valence-electron chi connectivity index (χ4n) is 1.78. The first-order chi connectivity index (χ1) is 6.77. The van der Waals surface area contributed by atoms with Gasteiger partial charge < -0.3 is 16.0 Å². The van der Waals surface area contributed by atoms with Crippen LogP contribution in [-0.4, -0.2) is 30.7 Å². The SMILES string of the molecule is CC1CNCCN1c1cccc(N)n1. The zero-order chi connectivity index (χ0) is 9.97. The van der Waals surface area contributed by atoms with Crippen molar-refractivity contribution in [2.24, 2.45) is 0 Å². The topological polar surface area (TPSA) is 54.2 Å². The number of nitrogens with two attached hydrogens (primary N) is 1. The van der Waals surface area contributed by atoms with Gasteiger partial charge in [-0.1, -0.05) is 6.07 Å². The molecule has 1 aliphatic rings. The first kappa shape index (κ1) is 9.27. The number of nitrogen functional groups attached to an aromatic ring is 1. The highest BCUT2D eigenvalue weighted by Crippen LogP contribution is 2.16. The van der Waals surface area contributed by atoms with Crippen molar-refractivity contribution < 1.29 is 0 Å². The van der Waals surface area contributed by atoms with Crippen LogP contribution >= 0.6 is 0 Å². The van der Waals surface area contributed by atoms with Crippen molar-refractivity contribution in [2.75, 3.05) is 30.3 Å². The predicted molar refractivity (Wildman–Crippen MR) is 58.3 cm³/mol. The van der Waals surface area contributed by atoms with E-state index < -0.39 is 0 Å². The summed E-state index contributed by atoms with van der Waals surface area (Å²) >= 11 is 0. The fourth-order valence-corrected chi connectivity index (χ4v) is 1.78. The van der Waals surface area contributed by atoms with Gasteiger partial charge in [0, 0.05) is 25.7 Å². The van der Waals surface area contributed by atoms with Gasteiger partial charge in [-0.15, -0.1) is 0 Å². The molecule has 0 aliphatic carbocycles. The molecular formula is C10H16N4. The van der Waals surface area contributed by atoms with Gasteiger partial charge in [-0.05, 0) is 19.1 Å². The molecule has 1 saturated heterocycles. The number of piperazine rings is 1. The van der Waals surface area contributed by atoms with E-state index in [1.807, 2.05) is 18.2 Å². The molecular weight excluding hydrogens is 176 g/mol. The minimum Gasteiger partial charge on any atom is -0.384 e. The number of pyridine rings is 1. The lowest BCUT2D eigenvalue weighted by Crippen LogP contribution is -2.50. The average molecular weight is 192 g/mol. The molecule has 1 aliphatic heterocycles. The Kier molecular flexibility index (Phi) is 2.54. The van der Waals surface area contributed by atoms with E-state index in [4.69, 9.17) is 5.73 Å². The second-order valence-corrected chi connectivity index (χ2v) is 3.67. The van der Waals surface area contributed by atoms with E-state index in [2.05, 4.69) is 22.1 Å². The summed E-state index contributed by atoms with van der Waals surface area (Å²) in [6.45, 7) is 5.21. The van der Waals surface area contributed by atoms with E-state index in [1.165, 1.54) is 0 Å². The third-order valence-corrected chi connectivity index (χ3v) is 2.55. The normalized spacial score (nSPS) is 22.4. The highest BCUT2D eigenvalue weighted by atomic mass is 15.3. The fraction of sp³-hybridized carbons (Fsp3) is 0.500. The third-order valence-electron chi connectivity index (χ3n) is 2.55. The summed E-state index contributed by atoms with van der Waals surface area (Å²) in [6.07, 6.45) is 0. The van der Waals surface area contributed by atoms with E-state index in [9.17, 15) is 0 Å². The number of nitrogens with zero attached hydrogens (tertiary/aromatic N) is 2. The molecule has 1 aromatic rings. The third kappa shape index (κ3) is 1.80. The maximum absolute atomic E-state index is 5.66. The van der Waals surface area contributed by atoms with Crippen LogP contribution in [0.25, 0.3) is 0 Å². The summed E-state index contributed by atoms with van der Waals surface area (Å²) in [5, 5.41) is 3.35. The van der Waals surface area contributed by atoms with Crippen molar-refractivity contribution in [3.63, 3.8) is 0 Å². The van der Waals surface area contributed by atoms with Gasteiger partial charge in [-0.25, -0.2) is 4.98 Å². The van der Waals surface area contributed by atoms with Gasteiger partial charge in [0.1, 0.15) is 11.6 Å². The first-order valence-electron chi connectivity index (χ1n) is 4.97. The maximum atomic E-state index is 5.66. The molecule has 0 radical (unpaired) electrons. The van der Waals surface area contributed by atoms with Crippen LogP contribution < -0.4 is 16.0 Å². The number of nitrogens with one attached hydrogen (secondary N) is 1. The Morgan fingerprint density at radius 1 is 1.57 bits per heavy atom. The van der Waals surface area contributed by atoms with Crippen LogP contribution in [0.5, 0.6) is 0 Å². The Labute approximate surface area is 84.1 Å². The Morgan fingerprint density at radius 3 is 3.14 bits per heavy atom. The summed E-state index contributed by atoms with van der Waals surface area (Å²) in [5.41, 5.74) is 5.66. The van der Waals surface area contributed by atoms with Crippen molar-refractivity contribution >= 4 is 11.6 Å². The molecule has 14 heavy (non-hydrogen) atoms. The Morgan fingerprint density at radius 2 is 2.43 bits per heavy atom. The van der Waals surface area contributed by atoms with Crippen molar-refractivity contribution in [1.82, 2.24) is 10.3 Å². The molecule has 4 nitrogen and oxygen atoms in total. The van der Waals surface area contributed by atoms with E-state index in [-0.39, 0.29) is 0 Å². The quantitative estimate of drug-likeness (QED) is 0.679. The highest BCUT2D eigenvalue weighted by molar-refractivity contribution is 5.46. The van der Waals surface area contributed by atoms with Gasteiger partial charge in [-0.2, -0.15) is 0 Å². The van der Waals surface area contributed by atoms with Gasteiger partial charge in [-0.3, -0.25) is 0 Å². The zero-order valence-electron chi connectivity index (χ0n) is 8.40. The lowest BCUT2D eigenvalue weighted by molar-refractivity contribution is 0.497. The molecule has 1 aromatic heterocycles. The van der Waals surface area contributed by atoms with Crippen LogP contribution in [0.1, 0.15) is 6.92 Å². The van der Waals surface area contributed by atoms with Crippen LogP contribution in [0.2, 0.25) is 0 Å². The van der Waals surface area contributed by atoms with E-state index in [0.717, 1.165) is 25.5 Å². The van der Waals surface area contributed by atoms with E-state index in [0.29, 0.717) is 11.9 Å². The van der Waals surface area contributed by atoms with E-state index in [1.54, 1.807) is 0 Å². The molecule has 2 rings (SSSR count). The molecule has 1 unspecified atom stereocenters. The standard InChI is InChI=1S/C10H16N4/c1-8-7-12-5-6-14(8)10-4-2-3-9(11)13-10/h2-4,8,12H,5-7H2,1H3,(H2,11,13). The summed E-state index contributed by atoms with van der Waals surface area (Å²) < 4.78 is 0. The second-order valence-electron chi connectivity index (χ2n) is 3.67. The summed E-state index contributed by atoms with van der Waals surface area (Å²) in [7, 11) is 0. The molecule has 3 N–H and O–H groups in total. The summed E-state index contributed by atoms with van der Waals surface area (Å²) in [6, 6.07) is 6.26.